The van der Waals surface area contributed by atoms with Gasteiger partial charge in [-0.05, 0) is 115 Å². The molecule has 0 bridgehead atoms. The lowest BCUT2D eigenvalue weighted by Crippen LogP contribution is -2.49. The van der Waals surface area contributed by atoms with Crippen LogP contribution in [0, 0.1) is 46.3 Å². The van der Waals surface area contributed by atoms with Crippen LogP contribution in [0.3, 0.4) is 0 Å². The van der Waals surface area contributed by atoms with Crippen molar-refractivity contribution in [2.24, 2.45) is 46.3 Å². The van der Waals surface area contributed by atoms with Gasteiger partial charge >= 0.3 is 0 Å². The number of nitrogens with one attached hydrogen (secondary N) is 1. The number of hydrogen-bond acceptors (Lipinski definition) is 1. The zero-order chi connectivity index (χ0) is 28.5. The fourth-order valence-electron chi connectivity index (χ4n) is 10.7. The van der Waals surface area contributed by atoms with Crippen molar-refractivity contribution in [1.29, 1.82) is 0 Å². The van der Waals surface area contributed by atoms with Crippen LogP contribution in [0.5, 0.6) is 5.75 Å². The van der Waals surface area contributed by atoms with Gasteiger partial charge in [-0.15, -0.1) is 0 Å². The number of benzene rings is 2. The zero-order valence-corrected chi connectivity index (χ0v) is 26.1. The van der Waals surface area contributed by atoms with Gasteiger partial charge in [-0.2, -0.15) is 0 Å². The van der Waals surface area contributed by atoms with Crippen molar-refractivity contribution >= 4 is 27.4 Å². The number of aromatic hydroxyl groups is 1. The molecule has 218 valence electrons. The highest BCUT2D eigenvalue weighted by Gasteiger charge is 2.58. The van der Waals surface area contributed by atoms with Gasteiger partial charge in [0.2, 0.25) is 0 Å². The monoisotopic (exact) mass is 549 g/mol. The van der Waals surface area contributed by atoms with E-state index >= 15 is 0 Å². The third-order valence-corrected chi connectivity index (χ3v) is 12.9. The number of fused-ring (bicyclic) bond motifs is 8. The zero-order valence-electron chi connectivity index (χ0n) is 26.1. The molecule has 0 spiro atoms. The first kappa shape index (κ1) is 27.4. The highest BCUT2D eigenvalue weighted by molar-refractivity contribution is 6.08. The predicted molar refractivity (Wildman–Crippen MR) is 174 cm³/mol. The second kappa shape index (κ2) is 10.1. The fourth-order valence-corrected chi connectivity index (χ4v) is 10.7. The summed E-state index contributed by atoms with van der Waals surface area (Å²) in [6.07, 6.45) is 18.6. The van der Waals surface area contributed by atoms with Crippen molar-refractivity contribution in [3.05, 3.63) is 59.7 Å². The quantitative estimate of drug-likeness (QED) is 0.315. The Labute approximate surface area is 247 Å². The third-order valence-electron chi connectivity index (χ3n) is 12.9. The molecule has 7 rings (SSSR count). The summed E-state index contributed by atoms with van der Waals surface area (Å²) in [4.78, 5) is 3.49. The molecule has 0 aliphatic heterocycles. The third kappa shape index (κ3) is 4.33. The summed E-state index contributed by atoms with van der Waals surface area (Å²) in [5, 5.41) is 13.6. The average Bonchev–Trinajstić information content (AvgIpc) is 3.48. The molecule has 1 heterocycles. The van der Waals surface area contributed by atoms with E-state index < -0.39 is 0 Å². The number of phenolic OH excluding ortho intramolecular Hbond substituents is 1. The maximum Gasteiger partial charge on any atom is 0.125 e. The number of H-pyrrole nitrogens is 1. The molecule has 3 aromatic rings. The molecule has 2 fully saturated rings. The molecule has 4 aliphatic carbocycles. The van der Waals surface area contributed by atoms with E-state index in [0.717, 1.165) is 58.5 Å². The van der Waals surface area contributed by atoms with E-state index in [0.29, 0.717) is 11.2 Å². The molecule has 2 heteroatoms. The summed E-state index contributed by atoms with van der Waals surface area (Å²) in [7, 11) is 0. The van der Waals surface area contributed by atoms with E-state index in [4.69, 9.17) is 0 Å². The van der Waals surface area contributed by atoms with Crippen LogP contribution in [0.25, 0.3) is 27.4 Å². The molecule has 2 N–H and O–H groups in total. The lowest BCUT2D eigenvalue weighted by atomic mass is 9.47. The van der Waals surface area contributed by atoms with Crippen LogP contribution in [-0.4, -0.2) is 10.1 Å². The summed E-state index contributed by atoms with van der Waals surface area (Å²) in [5.41, 5.74) is 6.85. The molecular weight excluding hydrogens is 498 g/mol. The number of aromatic nitrogens is 1. The van der Waals surface area contributed by atoms with Gasteiger partial charge in [0.25, 0.3) is 0 Å². The Hall–Kier alpha value is -2.48. The van der Waals surface area contributed by atoms with Gasteiger partial charge in [-0.1, -0.05) is 84.2 Å². The summed E-state index contributed by atoms with van der Waals surface area (Å²) in [6.45, 7) is 12.6. The van der Waals surface area contributed by atoms with Gasteiger partial charge in [-0.3, -0.25) is 0 Å². The molecule has 4 aliphatic rings. The van der Waals surface area contributed by atoms with Crippen molar-refractivity contribution in [2.45, 2.75) is 98.8 Å². The van der Waals surface area contributed by atoms with Crippen molar-refractivity contribution in [3.63, 3.8) is 0 Å². The van der Waals surface area contributed by atoms with Crippen LogP contribution < -0.4 is 0 Å². The standard InChI is InChI=1S/C39H51NO/c1-24(2)9-8-10-25(3)32-15-16-33-29-14-13-27-21-26(17-19-38(27,4)34(29)18-20-39(32,33)5)30-22-31-28-11-6-7-12-35(28)40-36(31)23-37(30)41/h6-7,11-13,21-25,29,32-34,40-41H,8-10,14-20H2,1-5H3/t25-,29+,32-,33+,34+,38+,39-/m1/s1. The van der Waals surface area contributed by atoms with Crippen LogP contribution in [-0.2, 0) is 0 Å². The first-order valence-electron chi connectivity index (χ1n) is 16.8. The van der Waals surface area contributed by atoms with E-state index in [-0.39, 0.29) is 5.41 Å². The van der Waals surface area contributed by atoms with E-state index in [2.05, 4.69) is 82.1 Å². The molecule has 7 atom stereocenters. The van der Waals surface area contributed by atoms with Crippen LogP contribution in [0.1, 0.15) is 104 Å². The van der Waals surface area contributed by atoms with Gasteiger partial charge < -0.3 is 10.1 Å². The first-order chi connectivity index (χ1) is 19.7. The Bertz CT molecular complexity index is 1520. The van der Waals surface area contributed by atoms with Crippen LogP contribution >= 0.6 is 0 Å². The maximum atomic E-state index is 11.1. The highest BCUT2D eigenvalue weighted by atomic mass is 16.3. The molecular formula is C39H51NO. The SMILES string of the molecule is CC(C)CCC[C@@H](C)[C@H]1CC[C@H]2[C@@H]3CC=C4C=C(c5cc6c(cc5O)[nH]c5ccccc56)CC[C@]4(C)[C@H]3CC[C@]12C. The molecule has 0 unspecified atom stereocenters. The number of para-hydroxylation sites is 1. The van der Waals surface area contributed by atoms with Gasteiger partial charge in [0, 0.05) is 27.9 Å². The minimum atomic E-state index is 0.273. The van der Waals surface area contributed by atoms with Gasteiger partial charge in [-0.25, -0.2) is 0 Å². The first-order valence-corrected chi connectivity index (χ1v) is 16.8. The number of phenols is 1. The highest BCUT2D eigenvalue weighted by Crippen LogP contribution is 2.67. The fraction of sp³-hybridized carbons (Fsp3) is 0.590. The topological polar surface area (TPSA) is 36.0 Å². The lowest BCUT2D eigenvalue weighted by Gasteiger charge is -2.57. The second-order valence-electron chi connectivity index (χ2n) is 15.5. The lowest BCUT2D eigenvalue weighted by molar-refractivity contribution is -0.0448. The van der Waals surface area contributed by atoms with E-state index in [9.17, 15) is 5.11 Å². The summed E-state index contributed by atoms with van der Waals surface area (Å²) < 4.78 is 0. The summed E-state index contributed by atoms with van der Waals surface area (Å²) in [5.74, 6) is 5.57. The van der Waals surface area contributed by atoms with Crippen LogP contribution in [0.4, 0.5) is 0 Å². The van der Waals surface area contributed by atoms with Crippen molar-refractivity contribution in [2.75, 3.05) is 0 Å². The Morgan fingerprint density at radius 2 is 1.76 bits per heavy atom. The average molecular weight is 550 g/mol. The summed E-state index contributed by atoms with van der Waals surface area (Å²) >= 11 is 0. The Morgan fingerprint density at radius 1 is 0.927 bits per heavy atom. The largest absolute Gasteiger partial charge is 0.507 e. The van der Waals surface area contributed by atoms with Crippen molar-refractivity contribution in [3.8, 4) is 5.75 Å². The van der Waals surface area contributed by atoms with Crippen molar-refractivity contribution < 1.29 is 5.11 Å². The van der Waals surface area contributed by atoms with E-state index in [1.54, 1.807) is 5.57 Å². The second-order valence-corrected chi connectivity index (χ2v) is 15.5. The van der Waals surface area contributed by atoms with E-state index in [1.165, 1.54) is 74.1 Å². The molecule has 0 saturated heterocycles. The van der Waals surface area contributed by atoms with Crippen LogP contribution in [0.15, 0.2) is 54.1 Å². The molecule has 2 aromatic carbocycles. The van der Waals surface area contributed by atoms with Crippen molar-refractivity contribution in [1.82, 2.24) is 4.98 Å². The smallest absolute Gasteiger partial charge is 0.125 e. The number of allylic oxidation sites excluding steroid dienone is 4. The minimum Gasteiger partial charge on any atom is -0.507 e. The normalized spacial score (nSPS) is 33.8. The number of aromatic amines is 1. The van der Waals surface area contributed by atoms with Gasteiger partial charge in [0.15, 0.2) is 0 Å². The van der Waals surface area contributed by atoms with E-state index in [1.807, 2.05) is 6.07 Å². The summed E-state index contributed by atoms with van der Waals surface area (Å²) in [6, 6.07) is 12.6. The molecule has 1 aromatic heterocycles. The Balaban J connectivity index is 1.15. The van der Waals surface area contributed by atoms with Gasteiger partial charge in [0.1, 0.15) is 5.75 Å². The molecule has 41 heavy (non-hydrogen) atoms. The number of rotatable bonds is 6. The Kier molecular flexibility index (Phi) is 6.71. The van der Waals surface area contributed by atoms with Gasteiger partial charge in [0.05, 0.1) is 5.52 Å². The molecule has 0 amide bonds. The molecule has 2 nitrogen and oxygen atoms in total. The minimum absolute atomic E-state index is 0.273. The van der Waals surface area contributed by atoms with Crippen LogP contribution in [0.2, 0.25) is 0 Å². The molecule has 2 saturated carbocycles. The number of hydrogen-bond donors (Lipinski definition) is 2. The Morgan fingerprint density at radius 3 is 2.59 bits per heavy atom. The molecule has 0 radical (unpaired) electrons. The predicted octanol–water partition coefficient (Wildman–Crippen LogP) is 11.1. The maximum absolute atomic E-state index is 11.1.